The molecule has 0 heterocycles. The molecule has 0 unspecified atom stereocenters. The number of allylic oxidation sites excluding steroid dienone is 2. The minimum atomic E-state index is -0.355. The molecular weight excluding hydrogens is 174 g/mol. The van der Waals surface area contributed by atoms with E-state index in [1.807, 2.05) is 33.0 Å². The van der Waals surface area contributed by atoms with Gasteiger partial charge < -0.3 is 4.90 Å². The van der Waals surface area contributed by atoms with Crippen molar-refractivity contribution in [1.82, 2.24) is 4.90 Å². The molecule has 0 amide bonds. The molecule has 2 nitrogen and oxygen atoms in total. The summed E-state index contributed by atoms with van der Waals surface area (Å²) >= 11 is 5.10. The maximum atomic E-state index is 10.2. The van der Waals surface area contributed by atoms with Crippen LogP contribution in [0.3, 0.4) is 0 Å². The van der Waals surface area contributed by atoms with Crippen molar-refractivity contribution in [2.24, 2.45) is 0 Å². The molecule has 0 spiro atoms. The van der Waals surface area contributed by atoms with Gasteiger partial charge in [-0.25, -0.2) is 0 Å². The van der Waals surface area contributed by atoms with Crippen LogP contribution in [-0.4, -0.2) is 31.3 Å². The number of hydrogen-bond donors (Lipinski definition) is 0. The van der Waals surface area contributed by atoms with E-state index in [0.29, 0.717) is 5.57 Å². The van der Waals surface area contributed by atoms with Crippen LogP contribution in [0.2, 0.25) is 0 Å². The Hall–Kier alpha value is -0.340. The second kappa shape index (κ2) is 8.75. The Morgan fingerprint density at radius 3 is 1.83 bits per heavy atom. The summed E-state index contributed by atoms with van der Waals surface area (Å²) in [6.07, 6.45) is 2.67. The van der Waals surface area contributed by atoms with Crippen molar-refractivity contribution >= 4 is 16.8 Å². The molecule has 0 bridgehead atoms. The van der Waals surface area contributed by atoms with E-state index in [2.05, 4.69) is 0 Å². The number of carbonyl (C=O) groups excluding carboxylic acids is 1. The second-order valence-corrected chi connectivity index (χ2v) is 3.25. The summed E-state index contributed by atoms with van der Waals surface area (Å²) in [5.41, 5.74) is 0.633. The van der Waals surface area contributed by atoms with E-state index < -0.39 is 0 Å². The van der Waals surface area contributed by atoms with Crippen LogP contribution in [0.15, 0.2) is 11.6 Å². The van der Waals surface area contributed by atoms with Crippen molar-refractivity contribution in [3.05, 3.63) is 11.6 Å². The largest absolute Gasteiger partial charge is 0.312 e. The monoisotopic (exact) mass is 191 g/mol. The quantitative estimate of drug-likeness (QED) is 0.493. The fraction of sp³-hybridized carbons (Fsp3) is 0.667. The Morgan fingerprint density at radius 1 is 1.42 bits per heavy atom. The van der Waals surface area contributed by atoms with E-state index in [-0.39, 0.29) is 5.24 Å². The van der Waals surface area contributed by atoms with E-state index >= 15 is 0 Å². The first-order chi connectivity index (χ1) is 5.41. The lowest BCUT2D eigenvalue weighted by Gasteiger charge is -1.90. The smallest absolute Gasteiger partial charge is 0.247 e. The predicted molar refractivity (Wildman–Crippen MR) is 54.5 cm³/mol. The van der Waals surface area contributed by atoms with Crippen LogP contribution in [-0.2, 0) is 4.79 Å². The lowest BCUT2D eigenvalue weighted by Crippen LogP contribution is -1.99. The molecule has 0 atom stereocenters. The van der Waals surface area contributed by atoms with E-state index in [0.717, 1.165) is 6.42 Å². The second-order valence-electron chi connectivity index (χ2n) is 2.91. The van der Waals surface area contributed by atoms with Gasteiger partial charge in [0.1, 0.15) is 0 Å². The van der Waals surface area contributed by atoms with Crippen molar-refractivity contribution in [3.63, 3.8) is 0 Å². The van der Waals surface area contributed by atoms with Crippen molar-refractivity contribution < 1.29 is 4.79 Å². The average Bonchev–Trinajstić information content (AvgIpc) is 1.86. The van der Waals surface area contributed by atoms with Gasteiger partial charge in [-0.05, 0) is 46.1 Å². The topological polar surface area (TPSA) is 20.3 Å². The van der Waals surface area contributed by atoms with Gasteiger partial charge in [0.05, 0.1) is 0 Å². The molecule has 0 aliphatic heterocycles. The minimum Gasteiger partial charge on any atom is -0.312 e. The summed E-state index contributed by atoms with van der Waals surface area (Å²) in [7, 11) is 6.00. The number of halogens is 1. The van der Waals surface area contributed by atoms with Crippen LogP contribution in [0.25, 0.3) is 0 Å². The first kappa shape index (κ1) is 14.2. The van der Waals surface area contributed by atoms with E-state index in [1.54, 1.807) is 13.0 Å². The summed E-state index contributed by atoms with van der Waals surface area (Å²) in [5.74, 6) is 0. The van der Waals surface area contributed by atoms with Gasteiger partial charge in [-0.2, -0.15) is 0 Å². The normalized spacial score (nSPS) is 10.8. The highest BCUT2D eigenvalue weighted by atomic mass is 35.5. The molecule has 0 aromatic heterocycles. The van der Waals surface area contributed by atoms with Gasteiger partial charge in [-0.15, -0.1) is 0 Å². The van der Waals surface area contributed by atoms with Gasteiger partial charge in [0.25, 0.3) is 0 Å². The molecule has 0 aliphatic carbocycles. The molecule has 0 aromatic carbocycles. The Balaban J connectivity index is 0. The molecule has 0 aliphatic rings. The molecule has 0 aromatic rings. The van der Waals surface area contributed by atoms with Crippen molar-refractivity contribution in [3.8, 4) is 0 Å². The van der Waals surface area contributed by atoms with E-state index in [4.69, 9.17) is 11.6 Å². The van der Waals surface area contributed by atoms with Gasteiger partial charge in [-0.1, -0.05) is 13.0 Å². The van der Waals surface area contributed by atoms with Crippen LogP contribution < -0.4 is 0 Å². The molecule has 12 heavy (non-hydrogen) atoms. The molecule has 3 heteroatoms. The maximum absolute atomic E-state index is 10.2. The Kier molecular flexibility index (Phi) is 10.4. The summed E-state index contributed by atoms with van der Waals surface area (Å²) < 4.78 is 0. The van der Waals surface area contributed by atoms with E-state index in [9.17, 15) is 4.79 Å². The Morgan fingerprint density at radius 2 is 1.75 bits per heavy atom. The average molecular weight is 192 g/mol. The minimum absolute atomic E-state index is 0.355. The van der Waals surface area contributed by atoms with Gasteiger partial charge in [0.2, 0.25) is 5.24 Å². The zero-order valence-electron chi connectivity index (χ0n) is 8.52. The summed E-state index contributed by atoms with van der Waals surface area (Å²) in [6.45, 7) is 3.67. The van der Waals surface area contributed by atoms with Gasteiger partial charge in [-0.3, -0.25) is 4.79 Å². The fourth-order valence-electron chi connectivity index (χ4n) is 0.386. The van der Waals surface area contributed by atoms with Gasteiger partial charge in [0, 0.05) is 5.57 Å². The first-order valence-corrected chi connectivity index (χ1v) is 4.27. The predicted octanol–water partition coefficient (Wildman–Crippen LogP) is 2.29. The molecule has 0 radical (unpaired) electrons. The zero-order valence-corrected chi connectivity index (χ0v) is 9.27. The summed E-state index contributed by atoms with van der Waals surface area (Å²) in [5, 5.41) is -0.355. The fourth-order valence-corrected chi connectivity index (χ4v) is 0.464. The van der Waals surface area contributed by atoms with Crippen LogP contribution in [0.1, 0.15) is 20.3 Å². The van der Waals surface area contributed by atoms with Crippen LogP contribution >= 0.6 is 11.6 Å². The van der Waals surface area contributed by atoms with Gasteiger partial charge in [0.15, 0.2) is 0 Å². The highest BCUT2D eigenvalue weighted by Crippen LogP contribution is 1.98. The highest BCUT2D eigenvalue weighted by Gasteiger charge is 1.94. The summed E-state index contributed by atoms with van der Waals surface area (Å²) in [6, 6.07) is 0. The third kappa shape index (κ3) is 16.3. The van der Waals surface area contributed by atoms with Crippen LogP contribution in [0, 0.1) is 0 Å². The Labute approximate surface area is 80.2 Å². The number of nitrogens with zero attached hydrogens (tertiary/aromatic N) is 1. The Bertz CT molecular complexity index is 150. The first-order valence-electron chi connectivity index (χ1n) is 3.89. The van der Waals surface area contributed by atoms with Crippen LogP contribution in [0.4, 0.5) is 0 Å². The third-order valence-electron chi connectivity index (χ3n) is 0.820. The summed E-state index contributed by atoms with van der Waals surface area (Å²) in [4.78, 5) is 12.2. The zero-order chi connectivity index (χ0) is 10.1. The highest BCUT2D eigenvalue weighted by molar-refractivity contribution is 6.67. The SMILES string of the molecule is CCC=C(C)C(=O)Cl.CN(C)C. The lowest BCUT2D eigenvalue weighted by atomic mass is 10.3. The molecule has 0 rings (SSSR count). The van der Waals surface area contributed by atoms with Crippen molar-refractivity contribution in [2.75, 3.05) is 21.1 Å². The number of carbonyl (C=O) groups is 1. The molecule has 0 saturated carbocycles. The standard InChI is InChI=1S/C6H9ClO.C3H9N/c1-3-4-5(2)6(7)8;1-4(2)3/h4H,3H2,1-2H3;1-3H3. The molecule has 72 valence electrons. The van der Waals surface area contributed by atoms with Crippen LogP contribution in [0.5, 0.6) is 0 Å². The van der Waals surface area contributed by atoms with Crippen molar-refractivity contribution in [1.29, 1.82) is 0 Å². The molecule has 0 saturated heterocycles. The third-order valence-corrected chi connectivity index (χ3v) is 1.12. The van der Waals surface area contributed by atoms with E-state index in [1.165, 1.54) is 0 Å². The lowest BCUT2D eigenvalue weighted by molar-refractivity contribution is -0.108. The van der Waals surface area contributed by atoms with Gasteiger partial charge >= 0.3 is 0 Å². The number of hydrogen-bond acceptors (Lipinski definition) is 2. The molecular formula is C9H18ClNO. The maximum Gasteiger partial charge on any atom is 0.247 e. The number of rotatable bonds is 2. The van der Waals surface area contributed by atoms with Crippen molar-refractivity contribution in [2.45, 2.75) is 20.3 Å². The molecule has 0 fully saturated rings. The molecule has 0 N–H and O–H groups in total.